The number of pyridine rings is 1. The molecule has 1 N–H and O–H groups in total. The van der Waals surface area contributed by atoms with Gasteiger partial charge in [-0.05, 0) is 48.7 Å². The minimum absolute atomic E-state index is 0.0503. The van der Waals surface area contributed by atoms with Crippen molar-refractivity contribution in [2.45, 2.75) is 32.0 Å². The molecule has 0 aliphatic carbocycles. The molecule has 0 spiro atoms. The fourth-order valence-electron chi connectivity index (χ4n) is 5.06. The highest BCUT2D eigenvalue weighted by Gasteiger charge is 2.26. The van der Waals surface area contributed by atoms with E-state index in [9.17, 15) is 9.90 Å². The second-order valence-corrected chi connectivity index (χ2v) is 9.59. The molecule has 2 aromatic carbocycles. The van der Waals surface area contributed by atoms with E-state index >= 15 is 0 Å². The predicted octanol–water partition coefficient (Wildman–Crippen LogP) is 5.60. The number of para-hydroxylation sites is 1. The number of methoxy groups -OCH3 is 2. The maximum atomic E-state index is 12.4. The number of hydrogen-bond acceptors (Lipinski definition) is 9. The Morgan fingerprint density at radius 1 is 1.10 bits per heavy atom. The number of nitrogens with zero attached hydrogens (tertiary/aromatic N) is 6. The van der Waals surface area contributed by atoms with Crippen LogP contribution >= 0.6 is 0 Å². The Morgan fingerprint density at radius 3 is 2.76 bits per heavy atom. The Labute approximate surface area is 237 Å². The van der Waals surface area contributed by atoms with Crippen molar-refractivity contribution in [2.75, 3.05) is 27.4 Å². The third-order valence-corrected chi connectivity index (χ3v) is 7.06. The van der Waals surface area contributed by atoms with Gasteiger partial charge in [-0.25, -0.2) is 0 Å². The number of azo groups is 1. The van der Waals surface area contributed by atoms with Gasteiger partial charge in [-0.2, -0.15) is 0 Å². The molecule has 5 rings (SSSR count). The van der Waals surface area contributed by atoms with Crippen molar-refractivity contribution in [2.24, 2.45) is 15.4 Å². The number of piperidine rings is 1. The number of likely N-dealkylation sites (tertiary alicyclic amines) is 1. The van der Waals surface area contributed by atoms with Gasteiger partial charge in [0.05, 0.1) is 32.6 Å². The summed E-state index contributed by atoms with van der Waals surface area (Å²) in [6.07, 6.45) is 8.35. The highest BCUT2D eigenvalue weighted by atomic mass is 16.6. The second-order valence-electron chi connectivity index (χ2n) is 9.59. The molecule has 1 amide bonds. The van der Waals surface area contributed by atoms with Crippen LogP contribution in [0.25, 0.3) is 10.9 Å². The molecular formula is C30H32N6O5. The molecule has 1 unspecified atom stereocenters. The average molecular weight is 557 g/mol. The number of ether oxygens (including phenoxy) is 2. The van der Waals surface area contributed by atoms with Gasteiger partial charge in [-0.3, -0.25) is 19.2 Å². The number of amides is 1. The fraction of sp³-hybridized carbons (Fsp3) is 0.300. The first kappa shape index (κ1) is 27.8. The zero-order valence-corrected chi connectivity index (χ0v) is 23.0. The lowest BCUT2D eigenvalue weighted by atomic mass is 9.97. The van der Waals surface area contributed by atoms with Crippen LogP contribution in [0.15, 0.2) is 82.4 Å². The van der Waals surface area contributed by atoms with Gasteiger partial charge in [-0.15, -0.1) is 10.2 Å². The van der Waals surface area contributed by atoms with Gasteiger partial charge in [0.2, 0.25) is 5.88 Å². The molecular weight excluding hydrogens is 524 g/mol. The zero-order chi connectivity index (χ0) is 28.6. The largest absolute Gasteiger partial charge is 0.493 e. The molecule has 212 valence electrons. The Morgan fingerprint density at radius 2 is 1.95 bits per heavy atom. The molecule has 0 radical (unpaired) electrons. The highest BCUT2D eigenvalue weighted by molar-refractivity contribution is 5.95. The standard InChI is InChI=1S/C30H32N6O5/c1-39-26-13-12-21(16-27(26)40-2)17-32-41-19-28(37)33-34-29-23-9-3-4-11-25(23)36(30(29)38)20-35-15-6-5-10-24(35)22-8-7-14-31-18-22/h3-4,7-9,11-14,16-18,24,38H,5-6,10,15,19-20H2,1-2H3/b32-17+,34-33?. The lowest BCUT2D eigenvalue weighted by Crippen LogP contribution is -2.34. The van der Waals surface area contributed by atoms with Crippen LogP contribution < -0.4 is 9.47 Å². The molecule has 1 fully saturated rings. The maximum absolute atomic E-state index is 12.4. The number of carbonyl (C=O) groups excluding carboxylic acids is 1. The van der Waals surface area contributed by atoms with E-state index in [4.69, 9.17) is 14.3 Å². The Kier molecular flexibility index (Phi) is 8.85. The summed E-state index contributed by atoms with van der Waals surface area (Å²) in [6, 6.07) is 17.0. The molecule has 4 aromatic rings. The van der Waals surface area contributed by atoms with Crippen molar-refractivity contribution in [3.63, 3.8) is 0 Å². The Balaban J connectivity index is 1.28. The van der Waals surface area contributed by atoms with Crippen molar-refractivity contribution in [1.82, 2.24) is 14.5 Å². The molecule has 11 nitrogen and oxygen atoms in total. The van der Waals surface area contributed by atoms with Gasteiger partial charge in [0.25, 0.3) is 0 Å². The lowest BCUT2D eigenvalue weighted by molar-refractivity contribution is -0.122. The van der Waals surface area contributed by atoms with Gasteiger partial charge < -0.3 is 19.4 Å². The fourth-order valence-corrected chi connectivity index (χ4v) is 5.06. The van der Waals surface area contributed by atoms with E-state index in [1.165, 1.54) is 6.21 Å². The van der Waals surface area contributed by atoms with E-state index in [0.717, 1.165) is 36.9 Å². The number of fused-ring (bicyclic) bond motifs is 1. The molecule has 3 heterocycles. The first-order valence-corrected chi connectivity index (χ1v) is 13.3. The maximum Gasteiger partial charge on any atom is 0.304 e. The van der Waals surface area contributed by atoms with Crippen molar-refractivity contribution in [1.29, 1.82) is 0 Å². The minimum atomic E-state index is -0.640. The number of rotatable bonds is 10. The average Bonchev–Trinajstić information content (AvgIpc) is 3.28. The molecule has 0 bridgehead atoms. The van der Waals surface area contributed by atoms with Crippen molar-refractivity contribution in [3.05, 3.63) is 78.1 Å². The molecule has 41 heavy (non-hydrogen) atoms. The Hall–Kier alpha value is -4.77. The van der Waals surface area contributed by atoms with Gasteiger partial charge in [0.15, 0.2) is 23.8 Å². The summed E-state index contributed by atoms with van der Waals surface area (Å²) < 4.78 is 12.3. The number of oxime groups is 1. The number of aromatic hydroxyl groups is 1. The smallest absolute Gasteiger partial charge is 0.304 e. The molecule has 11 heteroatoms. The monoisotopic (exact) mass is 556 g/mol. The van der Waals surface area contributed by atoms with E-state index in [1.807, 2.05) is 41.1 Å². The Bertz CT molecular complexity index is 1550. The summed E-state index contributed by atoms with van der Waals surface area (Å²) >= 11 is 0. The van der Waals surface area contributed by atoms with E-state index in [0.29, 0.717) is 29.1 Å². The lowest BCUT2D eigenvalue weighted by Gasteiger charge is -2.36. The van der Waals surface area contributed by atoms with Crippen molar-refractivity contribution in [3.8, 4) is 17.4 Å². The summed E-state index contributed by atoms with van der Waals surface area (Å²) in [6.45, 7) is 0.943. The summed E-state index contributed by atoms with van der Waals surface area (Å²) in [5.74, 6) is 0.451. The molecule has 1 saturated heterocycles. The quantitative estimate of drug-likeness (QED) is 0.153. The molecule has 2 aromatic heterocycles. The third-order valence-electron chi connectivity index (χ3n) is 7.06. The van der Waals surface area contributed by atoms with Gasteiger partial charge in [0, 0.05) is 35.9 Å². The molecule has 0 saturated carbocycles. The molecule has 1 atom stereocenters. The SMILES string of the molecule is COc1ccc(/C=N/OCC(=O)N=Nc2c(O)n(CN3CCCCC3c3cccnc3)c3ccccc23)cc1OC. The summed E-state index contributed by atoms with van der Waals surface area (Å²) in [4.78, 5) is 24.1. The van der Waals surface area contributed by atoms with Gasteiger partial charge in [0.1, 0.15) is 0 Å². The van der Waals surface area contributed by atoms with E-state index in [-0.39, 0.29) is 17.6 Å². The zero-order valence-electron chi connectivity index (χ0n) is 23.0. The minimum Gasteiger partial charge on any atom is -0.493 e. The summed E-state index contributed by atoms with van der Waals surface area (Å²) in [7, 11) is 3.10. The number of carbonyl (C=O) groups is 1. The first-order valence-electron chi connectivity index (χ1n) is 13.3. The van der Waals surface area contributed by atoms with Crippen LogP contribution in [0.1, 0.15) is 36.4 Å². The van der Waals surface area contributed by atoms with Crippen LogP contribution in [0, 0.1) is 0 Å². The van der Waals surface area contributed by atoms with E-state index in [2.05, 4.69) is 31.3 Å². The summed E-state index contributed by atoms with van der Waals surface area (Å²) in [5.41, 5.74) is 2.90. The second kappa shape index (κ2) is 13.1. The third kappa shape index (κ3) is 6.36. The number of aromatic nitrogens is 2. The number of benzene rings is 2. The van der Waals surface area contributed by atoms with Gasteiger partial charge in [-0.1, -0.05) is 35.8 Å². The normalized spacial score (nSPS) is 16.0. The van der Waals surface area contributed by atoms with E-state index in [1.54, 1.807) is 38.6 Å². The summed E-state index contributed by atoms with van der Waals surface area (Å²) in [5, 5.41) is 23.6. The van der Waals surface area contributed by atoms with E-state index < -0.39 is 12.5 Å². The number of hydrogen-bond donors (Lipinski definition) is 1. The van der Waals surface area contributed by atoms with Crippen LogP contribution in [0.3, 0.4) is 0 Å². The predicted molar refractivity (Wildman–Crippen MR) is 154 cm³/mol. The van der Waals surface area contributed by atoms with Gasteiger partial charge >= 0.3 is 5.91 Å². The molecule has 1 aliphatic heterocycles. The van der Waals surface area contributed by atoms with Crippen LogP contribution in [0.5, 0.6) is 17.4 Å². The first-order chi connectivity index (χ1) is 20.1. The molecule has 1 aliphatic rings. The van der Waals surface area contributed by atoms with Crippen LogP contribution in [-0.2, 0) is 16.3 Å². The van der Waals surface area contributed by atoms with Crippen LogP contribution in [0.4, 0.5) is 5.69 Å². The van der Waals surface area contributed by atoms with Crippen LogP contribution in [0.2, 0.25) is 0 Å². The van der Waals surface area contributed by atoms with Crippen LogP contribution in [-0.4, -0.2) is 59.1 Å². The van der Waals surface area contributed by atoms with Crippen molar-refractivity contribution >= 4 is 28.7 Å². The highest BCUT2D eigenvalue weighted by Crippen LogP contribution is 2.40. The topological polar surface area (TPSA) is 123 Å². The van der Waals surface area contributed by atoms with Crippen molar-refractivity contribution < 1.29 is 24.2 Å².